The zero-order chi connectivity index (χ0) is 13.1. The lowest BCUT2D eigenvalue weighted by Gasteiger charge is -2.07. The lowest BCUT2D eigenvalue weighted by molar-refractivity contribution is 0.103. The highest BCUT2D eigenvalue weighted by molar-refractivity contribution is 6.09. The lowest BCUT2D eigenvalue weighted by atomic mass is 10.1. The number of ether oxygens (including phenoxy) is 1. The molecule has 0 unspecified atom stereocenters. The number of hydrogen-bond donors (Lipinski definition) is 1. The first-order valence-electron chi connectivity index (χ1n) is 5.21. The van der Waals surface area contributed by atoms with Crippen molar-refractivity contribution in [2.45, 2.75) is 0 Å². The summed E-state index contributed by atoms with van der Waals surface area (Å²) in [4.78, 5) is 16.0. The van der Waals surface area contributed by atoms with Crippen molar-refractivity contribution in [3.05, 3.63) is 53.6 Å². The van der Waals surface area contributed by atoms with Crippen LogP contribution in [-0.2, 0) is 0 Å². The molecule has 0 fully saturated rings. The zero-order valence-corrected chi connectivity index (χ0v) is 9.68. The van der Waals surface area contributed by atoms with E-state index >= 15 is 0 Å². The van der Waals surface area contributed by atoms with Crippen LogP contribution in [0.15, 0.2) is 36.5 Å². The van der Waals surface area contributed by atoms with Gasteiger partial charge in [0.05, 0.1) is 24.6 Å². The van der Waals surface area contributed by atoms with Gasteiger partial charge >= 0.3 is 0 Å². The molecule has 0 amide bonds. The normalized spacial score (nSPS) is 10.1. The fourth-order valence-electron chi connectivity index (χ4n) is 1.54. The summed E-state index contributed by atoms with van der Waals surface area (Å²) in [6, 6.07) is 6.80. The van der Waals surface area contributed by atoms with E-state index in [0.717, 1.165) is 6.07 Å². The molecule has 0 aliphatic carbocycles. The Kier molecular flexibility index (Phi) is 3.23. The highest BCUT2D eigenvalue weighted by atomic mass is 19.1. The van der Waals surface area contributed by atoms with Crippen LogP contribution in [0, 0.1) is 5.82 Å². The van der Waals surface area contributed by atoms with Crippen molar-refractivity contribution in [2.24, 2.45) is 0 Å². The number of hydrogen-bond acceptors (Lipinski definition) is 4. The second-order valence-electron chi connectivity index (χ2n) is 3.65. The number of pyridine rings is 1. The third-order valence-electron chi connectivity index (χ3n) is 2.43. The molecule has 18 heavy (non-hydrogen) atoms. The summed E-state index contributed by atoms with van der Waals surface area (Å²) in [7, 11) is 1.42. The van der Waals surface area contributed by atoms with Crippen molar-refractivity contribution < 1.29 is 13.9 Å². The summed E-state index contributed by atoms with van der Waals surface area (Å²) < 4.78 is 18.2. The fraction of sp³-hybridized carbons (Fsp3) is 0.0769. The smallest absolute Gasteiger partial charge is 0.215 e. The van der Waals surface area contributed by atoms with Crippen LogP contribution in [0.2, 0.25) is 0 Å². The summed E-state index contributed by atoms with van der Waals surface area (Å²) in [5.41, 5.74) is 6.27. The minimum absolute atomic E-state index is 0.134. The van der Waals surface area contributed by atoms with Gasteiger partial charge in [0.15, 0.2) is 0 Å². The molecule has 0 aliphatic rings. The molecule has 0 saturated heterocycles. The molecule has 2 aromatic rings. The number of nitrogens with two attached hydrogens (primary N) is 1. The SMILES string of the molecule is COc1ccc(F)cc1C(=O)c1ccc(N)cn1. The topological polar surface area (TPSA) is 65.2 Å². The molecule has 1 aromatic heterocycles. The third kappa shape index (κ3) is 2.29. The first-order valence-corrected chi connectivity index (χ1v) is 5.21. The van der Waals surface area contributed by atoms with Crippen LogP contribution in [0.3, 0.4) is 0 Å². The van der Waals surface area contributed by atoms with Crippen LogP contribution in [0.4, 0.5) is 10.1 Å². The number of nitrogens with zero attached hydrogens (tertiary/aromatic N) is 1. The number of benzene rings is 1. The van der Waals surface area contributed by atoms with E-state index in [-0.39, 0.29) is 11.3 Å². The molecule has 2 rings (SSSR count). The number of rotatable bonds is 3. The molecule has 5 heteroatoms. The van der Waals surface area contributed by atoms with E-state index in [2.05, 4.69) is 4.98 Å². The predicted molar refractivity (Wildman–Crippen MR) is 65.0 cm³/mol. The Morgan fingerprint density at radius 3 is 2.72 bits per heavy atom. The largest absolute Gasteiger partial charge is 0.496 e. The van der Waals surface area contributed by atoms with Gasteiger partial charge in [0.25, 0.3) is 0 Å². The van der Waals surface area contributed by atoms with Crippen molar-refractivity contribution in [3.63, 3.8) is 0 Å². The van der Waals surface area contributed by atoms with E-state index in [4.69, 9.17) is 10.5 Å². The number of methoxy groups -OCH3 is 1. The number of carbonyl (C=O) groups is 1. The van der Waals surface area contributed by atoms with Crippen LogP contribution in [0.25, 0.3) is 0 Å². The molecule has 0 aliphatic heterocycles. The first kappa shape index (κ1) is 12.0. The summed E-state index contributed by atoms with van der Waals surface area (Å²) >= 11 is 0. The first-order chi connectivity index (χ1) is 8.61. The summed E-state index contributed by atoms with van der Waals surface area (Å²) in [6.07, 6.45) is 1.37. The minimum atomic E-state index is -0.505. The molecular weight excluding hydrogens is 235 g/mol. The molecular formula is C13H11FN2O2. The average Bonchev–Trinajstić information content (AvgIpc) is 2.39. The summed E-state index contributed by atoms with van der Waals surface area (Å²) in [6.45, 7) is 0. The van der Waals surface area contributed by atoms with Gasteiger partial charge in [-0.3, -0.25) is 9.78 Å². The third-order valence-corrected chi connectivity index (χ3v) is 2.43. The number of nitrogen functional groups attached to an aromatic ring is 1. The molecule has 92 valence electrons. The van der Waals surface area contributed by atoms with Crippen LogP contribution in [0.1, 0.15) is 16.1 Å². The second-order valence-corrected chi connectivity index (χ2v) is 3.65. The Morgan fingerprint density at radius 2 is 2.11 bits per heavy atom. The van der Waals surface area contributed by atoms with E-state index < -0.39 is 11.6 Å². The Labute approximate surface area is 103 Å². The van der Waals surface area contributed by atoms with Gasteiger partial charge in [0.2, 0.25) is 5.78 Å². The van der Waals surface area contributed by atoms with Gasteiger partial charge in [-0.1, -0.05) is 0 Å². The van der Waals surface area contributed by atoms with E-state index in [9.17, 15) is 9.18 Å². The molecule has 2 N–H and O–H groups in total. The van der Waals surface area contributed by atoms with Gasteiger partial charge < -0.3 is 10.5 Å². The van der Waals surface area contributed by atoms with Crippen molar-refractivity contribution in [3.8, 4) is 5.75 Å². The van der Waals surface area contributed by atoms with Gasteiger partial charge in [0, 0.05) is 0 Å². The van der Waals surface area contributed by atoms with Gasteiger partial charge in [-0.15, -0.1) is 0 Å². The van der Waals surface area contributed by atoms with E-state index in [1.54, 1.807) is 6.07 Å². The predicted octanol–water partition coefficient (Wildman–Crippen LogP) is 2.04. The molecule has 0 saturated carbocycles. The monoisotopic (exact) mass is 246 g/mol. The molecule has 1 heterocycles. The van der Waals surface area contributed by atoms with Gasteiger partial charge in [0.1, 0.15) is 17.3 Å². The maximum absolute atomic E-state index is 13.2. The molecule has 0 radical (unpaired) electrons. The van der Waals surface area contributed by atoms with Gasteiger partial charge in [-0.05, 0) is 30.3 Å². The number of aromatic nitrogens is 1. The molecule has 0 bridgehead atoms. The van der Waals surface area contributed by atoms with E-state index in [1.165, 1.54) is 31.5 Å². The van der Waals surface area contributed by atoms with E-state index in [1.807, 2.05) is 0 Å². The molecule has 0 atom stereocenters. The Balaban J connectivity index is 2.45. The highest BCUT2D eigenvalue weighted by Crippen LogP contribution is 2.22. The van der Waals surface area contributed by atoms with Crippen molar-refractivity contribution in [2.75, 3.05) is 12.8 Å². The lowest BCUT2D eigenvalue weighted by Crippen LogP contribution is -2.07. The van der Waals surface area contributed by atoms with E-state index in [0.29, 0.717) is 11.4 Å². The number of halogens is 1. The van der Waals surface area contributed by atoms with Gasteiger partial charge in [-0.2, -0.15) is 0 Å². The highest BCUT2D eigenvalue weighted by Gasteiger charge is 2.16. The molecule has 4 nitrogen and oxygen atoms in total. The summed E-state index contributed by atoms with van der Waals surface area (Å²) in [5.74, 6) is -0.610. The number of anilines is 1. The van der Waals surface area contributed by atoms with Crippen molar-refractivity contribution in [1.82, 2.24) is 4.98 Å². The summed E-state index contributed by atoms with van der Waals surface area (Å²) in [5, 5.41) is 0. The maximum Gasteiger partial charge on any atom is 0.215 e. The maximum atomic E-state index is 13.2. The van der Waals surface area contributed by atoms with Crippen molar-refractivity contribution >= 4 is 11.5 Å². The fourth-order valence-corrected chi connectivity index (χ4v) is 1.54. The number of carbonyl (C=O) groups excluding carboxylic acids is 1. The number of ketones is 1. The second kappa shape index (κ2) is 4.83. The molecule has 1 aromatic carbocycles. The van der Waals surface area contributed by atoms with Crippen LogP contribution < -0.4 is 10.5 Å². The zero-order valence-electron chi connectivity index (χ0n) is 9.68. The molecule has 0 spiro atoms. The Hall–Kier alpha value is -2.43. The van der Waals surface area contributed by atoms with Crippen LogP contribution >= 0.6 is 0 Å². The average molecular weight is 246 g/mol. The Bertz CT molecular complexity index is 582. The van der Waals surface area contributed by atoms with Crippen LogP contribution in [-0.4, -0.2) is 17.9 Å². The van der Waals surface area contributed by atoms with Gasteiger partial charge in [-0.25, -0.2) is 4.39 Å². The van der Waals surface area contributed by atoms with Crippen LogP contribution in [0.5, 0.6) is 5.75 Å². The standard InChI is InChI=1S/C13H11FN2O2/c1-18-12-5-2-8(14)6-10(12)13(17)11-4-3-9(15)7-16-11/h2-7H,15H2,1H3. The quantitative estimate of drug-likeness (QED) is 0.842. The van der Waals surface area contributed by atoms with Crippen molar-refractivity contribution in [1.29, 1.82) is 0 Å². The Morgan fingerprint density at radius 1 is 1.33 bits per heavy atom. The minimum Gasteiger partial charge on any atom is -0.496 e.